The summed E-state index contributed by atoms with van der Waals surface area (Å²) in [4.78, 5) is 6.16. The number of aromatic nitrogens is 1. The third-order valence-corrected chi connectivity index (χ3v) is 4.46. The first-order valence-corrected chi connectivity index (χ1v) is 6.81. The van der Waals surface area contributed by atoms with E-state index in [0.717, 1.165) is 39.0 Å². The molecule has 1 aliphatic rings. The molecule has 3 nitrogen and oxygen atoms in total. The molecule has 0 aliphatic carbocycles. The molecule has 4 heteroatoms. The first-order chi connectivity index (χ1) is 7.81. The van der Waals surface area contributed by atoms with E-state index in [4.69, 9.17) is 9.72 Å². The van der Waals surface area contributed by atoms with Crippen LogP contribution in [0.25, 0.3) is 0 Å². The molecule has 0 saturated carbocycles. The maximum absolute atomic E-state index is 5.39. The number of aryl methyl sites for hydroxylation is 1. The van der Waals surface area contributed by atoms with E-state index in [1.165, 1.54) is 15.6 Å². The lowest BCUT2D eigenvalue weighted by Crippen LogP contribution is -2.13. The average molecular weight is 240 g/mol. The topological polar surface area (TPSA) is 34.1 Å². The normalized spacial score (nSPS) is 17.9. The molecule has 0 bridgehead atoms. The Kier molecular flexibility index (Phi) is 4.32. The van der Waals surface area contributed by atoms with E-state index >= 15 is 0 Å². The molecule has 0 spiro atoms. The van der Waals surface area contributed by atoms with Crippen molar-refractivity contribution in [3.63, 3.8) is 0 Å². The number of nitrogens with zero attached hydrogens (tertiary/aromatic N) is 1. The monoisotopic (exact) mass is 240 g/mol. The molecule has 1 aromatic rings. The summed E-state index contributed by atoms with van der Waals surface area (Å²) in [6.07, 6.45) is 3.38. The summed E-state index contributed by atoms with van der Waals surface area (Å²) in [7, 11) is 2.00. The van der Waals surface area contributed by atoms with E-state index in [0.29, 0.717) is 5.92 Å². The molecule has 1 N–H and O–H groups in total. The molecule has 90 valence electrons. The fourth-order valence-electron chi connectivity index (χ4n) is 2.04. The number of likely N-dealkylation sites (N-methyl/N-ethyl adjacent to an activating group) is 1. The minimum atomic E-state index is 0.640. The lowest BCUT2D eigenvalue weighted by Gasteiger charge is -2.19. The van der Waals surface area contributed by atoms with Gasteiger partial charge in [-0.3, -0.25) is 0 Å². The van der Waals surface area contributed by atoms with Gasteiger partial charge in [-0.2, -0.15) is 0 Å². The molecular weight excluding hydrogens is 220 g/mol. The minimum Gasteiger partial charge on any atom is -0.381 e. The zero-order valence-electron chi connectivity index (χ0n) is 10.1. The van der Waals surface area contributed by atoms with Crippen molar-refractivity contribution in [2.24, 2.45) is 0 Å². The van der Waals surface area contributed by atoms with E-state index in [1.807, 2.05) is 18.4 Å². The highest BCUT2D eigenvalue weighted by Gasteiger charge is 2.20. The highest BCUT2D eigenvalue weighted by Crippen LogP contribution is 2.31. The second-order valence-electron chi connectivity index (χ2n) is 4.30. The van der Waals surface area contributed by atoms with Gasteiger partial charge in [-0.05, 0) is 39.8 Å². The van der Waals surface area contributed by atoms with Gasteiger partial charge in [0.05, 0.1) is 10.7 Å². The van der Waals surface area contributed by atoms with Gasteiger partial charge in [-0.25, -0.2) is 4.98 Å². The van der Waals surface area contributed by atoms with Gasteiger partial charge in [0.15, 0.2) is 0 Å². The van der Waals surface area contributed by atoms with Gasteiger partial charge in [-0.1, -0.05) is 0 Å². The Morgan fingerprint density at radius 3 is 2.88 bits per heavy atom. The smallest absolute Gasteiger partial charge is 0.0963 e. The van der Waals surface area contributed by atoms with Crippen LogP contribution >= 0.6 is 11.3 Å². The summed E-state index contributed by atoms with van der Waals surface area (Å²) in [6, 6.07) is 0. The predicted molar refractivity (Wildman–Crippen MR) is 67.3 cm³/mol. The number of thiazole rings is 1. The number of ether oxygens (including phenoxy) is 1. The Morgan fingerprint density at radius 1 is 1.44 bits per heavy atom. The van der Waals surface area contributed by atoms with Crippen molar-refractivity contribution in [1.82, 2.24) is 10.3 Å². The number of hydrogen-bond donors (Lipinski definition) is 1. The number of hydrogen-bond acceptors (Lipinski definition) is 4. The molecule has 2 heterocycles. The molecule has 0 amide bonds. The van der Waals surface area contributed by atoms with Crippen LogP contribution in [0.1, 0.15) is 34.3 Å². The molecule has 1 aliphatic heterocycles. The molecule has 1 fully saturated rings. The molecule has 1 aromatic heterocycles. The molecule has 16 heavy (non-hydrogen) atoms. The molecular formula is C12H20N2OS. The van der Waals surface area contributed by atoms with Crippen LogP contribution in [0.4, 0.5) is 0 Å². The fourth-order valence-corrected chi connectivity index (χ4v) is 3.28. The zero-order valence-corrected chi connectivity index (χ0v) is 10.9. The van der Waals surface area contributed by atoms with Crippen molar-refractivity contribution >= 4 is 11.3 Å². The van der Waals surface area contributed by atoms with Gasteiger partial charge in [-0.15, -0.1) is 11.3 Å². The van der Waals surface area contributed by atoms with Crippen molar-refractivity contribution in [2.45, 2.75) is 32.1 Å². The van der Waals surface area contributed by atoms with Crippen LogP contribution in [0.2, 0.25) is 0 Å². The maximum Gasteiger partial charge on any atom is 0.0963 e. The van der Waals surface area contributed by atoms with Gasteiger partial charge < -0.3 is 10.1 Å². The van der Waals surface area contributed by atoms with E-state index in [1.54, 1.807) is 0 Å². The molecule has 0 radical (unpaired) electrons. The molecule has 0 unspecified atom stereocenters. The summed E-state index contributed by atoms with van der Waals surface area (Å²) >= 11 is 1.90. The minimum absolute atomic E-state index is 0.640. The second-order valence-corrected chi connectivity index (χ2v) is 5.42. The quantitative estimate of drug-likeness (QED) is 0.875. The Balaban J connectivity index is 2.03. The molecule has 0 aromatic carbocycles. The van der Waals surface area contributed by atoms with Gasteiger partial charge in [0.2, 0.25) is 0 Å². The number of nitrogens with one attached hydrogen (secondary N) is 1. The van der Waals surface area contributed by atoms with E-state index in [-0.39, 0.29) is 0 Å². The third-order valence-electron chi connectivity index (χ3n) is 3.08. The van der Waals surface area contributed by atoms with Crippen LogP contribution in [0.15, 0.2) is 0 Å². The first kappa shape index (κ1) is 12.0. The van der Waals surface area contributed by atoms with E-state index < -0.39 is 0 Å². The predicted octanol–water partition coefficient (Wildman–Crippen LogP) is 2.11. The van der Waals surface area contributed by atoms with Crippen LogP contribution in [0.5, 0.6) is 0 Å². The summed E-state index contributed by atoms with van der Waals surface area (Å²) in [5, 5.41) is 4.52. The average Bonchev–Trinajstić information content (AvgIpc) is 2.69. The van der Waals surface area contributed by atoms with Crippen LogP contribution < -0.4 is 5.32 Å². The third kappa shape index (κ3) is 2.81. The fraction of sp³-hybridized carbons (Fsp3) is 0.750. The largest absolute Gasteiger partial charge is 0.381 e. The molecule has 0 atom stereocenters. The van der Waals surface area contributed by atoms with Crippen molar-refractivity contribution in [3.8, 4) is 0 Å². The van der Waals surface area contributed by atoms with Crippen molar-refractivity contribution in [2.75, 3.05) is 26.8 Å². The van der Waals surface area contributed by atoms with Crippen molar-refractivity contribution in [3.05, 3.63) is 15.6 Å². The Labute approximate surface area is 101 Å². The van der Waals surface area contributed by atoms with Gasteiger partial charge in [0, 0.05) is 24.0 Å². The summed E-state index contributed by atoms with van der Waals surface area (Å²) in [5.74, 6) is 0.640. The van der Waals surface area contributed by atoms with Crippen molar-refractivity contribution < 1.29 is 4.74 Å². The Hall–Kier alpha value is -0.450. The Morgan fingerprint density at radius 2 is 2.19 bits per heavy atom. The van der Waals surface area contributed by atoms with Crippen molar-refractivity contribution in [1.29, 1.82) is 0 Å². The van der Waals surface area contributed by atoms with E-state index in [9.17, 15) is 0 Å². The van der Waals surface area contributed by atoms with Gasteiger partial charge >= 0.3 is 0 Å². The lowest BCUT2D eigenvalue weighted by atomic mass is 10.0. The SMILES string of the molecule is CNCCc1sc(C2CCOCC2)nc1C. The summed E-state index contributed by atoms with van der Waals surface area (Å²) < 4.78 is 5.39. The second kappa shape index (κ2) is 5.75. The summed E-state index contributed by atoms with van der Waals surface area (Å²) in [6.45, 7) is 4.96. The van der Waals surface area contributed by atoms with E-state index in [2.05, 4.69) is 12.2 Å². The maximum atomic E-state index is 5.39. The highest BCUT2D eigenvalue weighted by molar-refractivity contribution is 7.11. The first-order valence-electron chi connectivity index (χ1n) is 6.00. The molecule has 2 rings (SSSR count). The van der Waals surface area contributed by atoms with Gasteiger partial charge in [0.25, 0.3) is 0 Å². The summed E-state index contributed by atoms with van der Waals surface area (Å²) in [5.41, 5.74) is 1.22. The standard InChI is InChI=1S/C12H20N2OS/c1-9-11(3-6-13-2)16-12(14-9)10-4-7-15-8-5-10/h10,13H,3-8H2,1-2H3. The van der Waals surface area contributed by atoms with Crippen LogP contribution in [0, 0.1) is 6.92 Å². The van der Waals surface area contributed by atoms with Crippen LogP contribution in [-0.2, 0) is 11.2 Å². The number of rotatable bonds is 4. The molecule has 1 saturated heterocycles. The van der Waals surface area contributed by atoms with Gasteiger partial charge in [0.1, 0.15) is 0 Å². The lowest BCUT2D eigenvalue weighted by molar-refractivity contribution is 0.0852. The highest BCUT2D eigenvalue weighted by atomic mass is 32.1. The Bertz CT molecular complexity index is 332. The van der Waals surface area contributed by atoms with Crippen LogP contribution in [0.3, 0.4) is 0 Å². The van der Waals surface area contributed by atoms with Crippen LogP contribution in [-0.4, -0.2) is 31.8 Å². The zero-order chi connectivity index (χ0) is 11.4.